The highest BCUT2D eigenvalue weighted by molar-refractivity contribution is 5.92. The minimum Gasteiger partial charge on any atom is -0.478 e. The van der Waals surface area contributed by atoms with Crippen molar-refractivity contribution in [2.45, 2.75) is 13.0 Å². The Hall–Kier alpha value is -2.69. The Morgan fingerprint density at radius 3 is 2.81 bits per heavy atom. The van der Waals surface area contributed by atoms with Crippen molar-refractivity contribution < 1.29 is 14.3 Å². The molecule has 2 aromatic carbocycles. The lowest BCUT2D eigenvalue weighted by Crippen LogP contribution is -2.02. The van der Waals surface area contributed by atoms with E-state index in [1.54, 1.807) is 36.7 Å². The van der Waals surface area contributed by atoms with Crippen LogP contribution in [-0.2, 0) is 13.0 Å². The van der Waals surface area contributed by atoms with Crippen molar-refractivity contribution in [2.24, 2.45) is 0 Å². The van der Waals surface area contributed by atoms with Crippen LogP contribution >= 0.6 is 0 Å². The highest BCUT2D eigenvalue weighted by Crippen LogP contribution is 2.16. The van der Waals surface area contributed by atoms with Crippen LogP contribution in [0.5, 0.6) is 0 Å². The number of aromatic nitrogens is 2. The molecule has 1 aromatic heterocycles. The molecule has 4 nitrogen and oxygen atoms in total. The molecule has 5 heteroatoms. The Balaban J connectivity index is 1.89. The second-order valence-electron chi connectivity index (χ2n) is 4.79. The number of hydrogen-bond donors (Lipinski definition) is 1. The Labute approximate surface area is 120 Å². The number of nitrogens with zero attached hydrogens (tertiary/aromatic N) is 2. The lowest BCUT2D eigenvalue weighted by molar-refractivity contribution is 0.0697. The first-order valence-corrected chi connectivity index (χ1v) is 6.57. The van der Waals surface area contributed by atoms with Gasteiger partial charge in [-0.2, -0.15) is 0 Å². The number of aryl methyl sites for hydroxylation is 2. The minimum absolute atomic E-state index is 0.218. The Morgan fingerprint density at radius 1 is 1.24 bits per heavy atom. The average molecular weight is 284 g/mol. The molecular formula is C16H13FN2O2. The second kappa shape index (κ2) is 5.36. The summed E-state index contributed by atoms with van der Waals surface area (Å²) in [4.78, 5) is 15.3. The van der Waals surface area contributed by atoms with Crippen LogP contribution in [-0.4, -0.2) is 20.6 Å². The van der Waals surface area contributed by atoms with E-state index in [0.717, 1.165) is 11.0 Å². The largest absolute Gasteiger partial charge is 0.478 e. The molecule has 1 N–H and O–H groups in total. The van der Waals surface area contributed by atoms with Gasteiger partial charge in [-0.15, -0.1) is 0 Å². The van der Waals surface area contributed by atoms with Gasteiger partial charge in [0, 0.05) is 6.54 Å². The molecule has 0 atom stereocenters. The van der Waals surface area contributed by atoms with E-state index in [9.17, 15) is 9.18 Å². The van der Waals surface area contributed by atoms with Crippen molar-refractivity contribution in [2.75, 3.05) is 0 Å². The van der Waals surface area contributed by atoms with E-state index >= 15 is 0 Å². The third-order valence-corrected chi connectivity index (χ3v) is 3.45. The van der Waals surface area contributed by atoms with Crippen LogP contribution in [0, 0.1) is 5.82 Å². The van der Waals surface area contributed by atoms with E-state index in [1.807, 2.05) is 4.57 Å². The van der Waals surface area contributed by atoms with Gasteiger partial charge in [0.2, 0.25) is 0 Å². The van der Waals surface area contributed by atoms with Gasteiger partial charge in [0.15, 0.2) is 0 Å². The molecule has 0 radical (unpaired) electrons. The molecule has 0 aliphatic rings. The molecule has 3 rings (SSSR count). The summed E-state index contributed by atoms with van der Waals surface area (Å²) in [6.07, 6.45) is 2.17. The maximum atomic E-state index is 13.6. The summed E-state index contributed by atoms with van der Waals surface area (Å²) >= 11 is 0. The van der Waals surface area contributed by atoms with Crippen molar-refractivity contribution in [1.82, 2.24) is 9.55 Å². The number of imidazole rings is 1. The highest BCUT2D eigenvalue weighted by Gasteiger charge is 2.08. The molecule has 0 bridgehead atoms. The van der Waals surface area contributed by atoms with E-state index < -0.39 is 5.97 Å². The Bertz CT molecular complexity index is 811. The van der Waals surface area contributed by atoms with Gasteiger partial charge in [0.05, 0.1) is 22.9 Å². The molecule has 0 saturated heterocycles. The monoisotopic (exact) mass is 284 g/mol. The van der Waals surface area contributed by atoms with Crippen LogP contribution in [0.15, 0.2) is 48.8 Å². The summed E-state index contributed by atoms with van der Waals surface area (Å²) in [5.74, 6) is -1.20. The molecule has 1 heterocycles. The number of carboxylic acid groups (broad SMARTS) is 1. The SMILES string of the molecule is O=C(O)c1ccc2ncn(CCc3ccccc3F)c2c1. The highest BCUT2D eigenvalue weighted by atomic mass is 19.1. The van der Waals surface area contributed by atoms with Gasteiger partial charge in [-0.25, -0.2) is 14.2 Å². The van der Waals surface area contributed by atoms with Crippen LogP contribution in [0.4, 0.5) is 4.39 Å². The van der Waals surface area contributed by atoms with E-state index in [4.69, 9.17) is 5.11 Å². The van der Waals surface area contributed by atoms with Gasteiger partial charge in [0.1, 0.15) is 5.82 Å². The topological polar surface area (TPSA) is 55.1 Å². The number of rotatable bonds is 4. The van der Waals surface area contributed by atoms with Gasteiger partial charge in [-0.05, 0) is 36.2 Å². The van der Waals surface area contributed by atoms with E-state index in [1.165, 1.54) is 12.1 Å². The Morgan fingerprint density at radius 2 is 2.05 bits per heavy atom. The lowest BCUT2D eigenvalue weighted by Gasteiger charge is -2.06. The summed E-state index contributed by atoms with van der Waals surface area (Å²) in [5.41, 5.74) is 2.32. The minimum atomic E-state index is -0.973. The standard InChI is InChI=1S/C16H13FN2O2/c17-13-4-2-1-3-11(13)7-8-19-10-18-14-6-5-12(16(20)21)9-15(14)19/h1-6,9-10H,7-8H2,(H,20,21). The summed E-state index contributed by atoms with van der Waals surface area (Å²) < 4.78 is 15.4. The molecule has 0 aliphatic heterocycles. The fourth-order valence-electron chi connectivity index (χ4n) is 2.31. The van der Waals surface area contributed by atoms with Gasteiger partial charge < -0.3 is 9.67 Å². The zero-order valence-corrected chi connectivity index (χ0v) is 11.2. The van der Waals surface area contributed by atoms with E-state index in [0.29, 0.717) is 18.5 Å². The number of hydrogen-bond acceptors (Lipinski definition) is 2. The molecule has 0 unspecified atom stereocenters. The molecule has 0 amide bonds. The predicted molar refractivity (Wildman–Crippen MR) is 76.8 cm³/mol. The molecule has 0 saturated carbocycles. The quantitative estimate of drug-likeness (QED) is 0.801. The van der Waals surface area contributed by atoms with Crippen molar-refractivity contribution in [3.63, 3.8) is 0 Å². The van der Waals surface area contributed by atoms with E-state index in [2.05, 4.69) is 4.98 Å². The van der Waals surface area contributed by atoms with Crippen LogP contribution < -0.4 is 0 Å². The van der Waals surface area contributed by atoms with Gasteiger partial charge >= 0.3 is 5.97 Å². The fourth-order valence-corrected chi connectivity index (χ4v) is 2.31. The van der Waals surface area contributed by atoms with Crippen molar-refractivity contribution >= 4 is 17.0 Å². The molecule has 0 spiro atoms. The first-order chi connectivity index (χ1) is 10.1. The maximum Gasteiger partial charge on any atom is 0.335 e. The van der Waals surface area contributed by atoms with Gasteiger partial charge in [0.25, 0.3) is 0 Å². The number of halogens is 1. The summed E-state index contributed by atoms with van der Waals surface area (Å²) in [6.45, 7) is 0.542. The zero-order chi connectivity index (χ0) is 14.8. The average Bonchev–Trinajstić information content (AvgIpc) is 2.88. The summed E-state index contributed by atoms with van der Waals surface area (Å²) in [6, 6.07) is 11.4. The lowest BCUT2D eigenvalue weighted by atomic mass is 10.1. The third-order valence-electron chi connectivity index (χ3n) is 3.45. The normalized spacial score (nSPS) is 10.9. The second-order valence-corrected chi connectivity index (χ2v) is 4.79. The van der Waals surface area contributed by atoms with Crippen molar-refractivity contribution in [3.05, 3.63) is 65.7 Å². The molecular weight excluding hydrogens is 271 g/mol. The predicted octanol–water partition coefficient (Wildman–Crippen LogP) is 3.12. The zero-order valence-electron chi connectivity index (χ0n) is 11.2. The first kappa shape index (κ1) is 13.3. The van der Waals surface area contributed by atoms with Gasteiger partial charge in [-0.3, -0.25) is 0 Å². The molecule has 106 valence electrons. The van der Waals surface area contributed by atoms with Crippen LogP contribution in [0.1, 0.15) is 15.9 Å². The molecule has 21 heavy (non-hydrogen) atoms. The molecule has 3 aromatic rings. The maximum absolute atomic E-state index is 13.6. The number of benzene rings is 2. The fraction of sp³-hybridized carbons (Fsp3) is 0.125. The van der Waals surface area contributed by atoms with Crippen LogP contribution in [0.2, 0.25) is 0 Å². The first-order valence-electron chi connectivity index (χ1n) is 6.57. The van der Waals surface area contributed by atoms with Crippen LogP contribution in [0.3, 0.4) is 0 Å². The molecule has 0 aliphatic carbocycles. The Kier molecular flexibility index (Phi) is 3.39. The molecule has 0 fully saturated rings. The van der Waals surface area contributed by atoms with Crippen molar-refractivity contribution in [1.29, 1.82) is 0 Å². The summed E-state index contributed by atoms with van der Waals surface area (Å²) in [5, 5.41) is 9.04. The van der Waals surface area contributed by atoms with Gasteiger partial charge in [-0.1, -0.05) is 18.2 Å². The third kappa shape index (κ3) is 2.63. The van der Waals surface area contributed by atoms with Crippen LogP contribution in [0.25, 0.3) is 11.0 Å². The van der Waals surface area contributed by atoms with E-state index in [-0.39, 0.29) is 11.4 Å². The number of fused-ring (bicyclic) bond motifs is 1. The number of carboxylic acids is 1. The number of aromatic carboxylic acids is 1. The number of carbonyl (C=O) groups is 1. The summed E-state index contributed by atoms with van der Waals surface area (Å²) in [7, 11) is 0. The smallest absolute Gasteiger partial charge is 0.335 e. The van der Waals surface area contributed by atoms with Crippen molar-refractivity contribution in [3.8, 4) is 0 Å².